The number of piperazine rings is 1. The van der Waals surface area contributed by atoms with Crippen LogP contribution in [0.1, 0.15) is 19.5 Å². The summed E-state index contributed by atoms with van der Waals surface area (Å²) in [6.45, 7) is 9.11. The van der Waals surface area contributed by atoms with Crippen LogP contribution in [0.4, 0.5) is 17.2 Å². The monoisotopic (exact) mass is 405 g/mol. The van der Waals surface area contributed by atoms with E-state index in [1.807, 2.05) is 31.2 Å². The van der Waals surface area contributed by atoms with Gasteiger partial charge in [0.1, 0.15) is 17.1 Å². The van der Waals surface area contributed by atoms with E-state index in [0.29, 0.717) is 29.0 Å². The van der Waals surface area contributed by atoms with E-state index in [1.54, 1.807) is 18.5 Å². The molecule has 0 bridgehead atoms. The van der Waals surface area contributed by atoms with Crippen molar-refractivity contribution in [3.05, 3.63) is 48.4 Å². The van der Waals surface area contributed by atoms with Crippen molar-refractivity contribution in [1.29, 1.82) is 0 Å². The maximum absolute atomic E-state index is 10.5. The lowest BCUT2D eigenvalue weighted by Gasteiger charge is -2.36. The number of anilines is 3. The predicted molar refractivity (Wildman–Crippen MR) is 118 cm³/mol. The van der Waals surface area contributed by atoms with Gasteiger partial charge in [-0.05, 0) is 37.1 Å². The normalized spacial score (nSPS) is 16.7. The molecule has 8 nitrogen and oxygen atoms in total. The van der Waals surface area contributed by atoms with Crippen LogP contribution in [0.2, 0.25) is 0 Å². The highest BCUT2D eigenvalue weighted by atomic mass is 16.3. The number of nitrogens with zero attached hydrogens (tertiary/aromatic N) is 5. The topological polar surface area (TPSA) is 99.1 Å². The zero-order valence-corrected chi connectivity index (χ0v) is 17.5. The minimum absolute atomic E-state index is 0.0455. The van der Waals surface area contributed by atoms with Crippen molar-refractivity contribution in [3.8, 4) is 17.1 Å². The van der Waals surface area contributed by atoms with E-state index in [0.717, 1.165) is 36.8 Å². The first-order chi connectivity index (χ1) is 14.5. The van der Waals surface area contributed by atoms with Crippen LogP contribution >= 0.6 is 0 Å². The van der Waals surface area contributed by atoms with Crippen molar-refractivity contribution in [3.63, 3.8) is 0 Å². The van der Waals surface area contributed by atoms with E-state index < -0.39 is 0 Å². The molecule has 8 heteroatoms. The second-order valence-electron chi connectivity index (χ2n) is 7.93. The van der Waals surface area contributed by atoms with E-state index in [9.17, 15) is 5.11 Å². The number of pyridine rings is 2. The highest BCUT2D eigenvalue weighted by Crippen LogP contribution is 2.29. The average molecular weight is 406 g/mol. The summed E-state index contributed by atoms with van der Waals surface area (Å²) in [5, 5.41) is 25.9. The highest BCUT2D eigenvalue weighted by Gasteiger charge is 2.23. The third-order valence-corrected chi connectivity index (χ3v) is 5.29. The second kappa shape index (κ2) is 8.62. The van der Waals surface area contributed by atoms with Crippen LogP contribution in [0, 0.1) is 12.8 Å². The summed E-state index contributed by atoms with van der Waals surface area (Å²) in [6.07, 6.45) is 3.40. The Morgan fingerprint density at radius 3 is 2.60 bits per heavy atom. The quantitative estimate of drug-likeness (QED) is 0.595. The molecule has 1 aliphatic rings. The minimum Gasteiger partial charge on any atom is -0.506 e. The Balaban J connectivity index is 1.48. The molecule has 4 heterocycles. The SMILES string of the molecule is Cc1ccc(Nc2cnc(-c3ccc(N4CCN[C@H](C(C)C)C4)nn3)c(O)c2)cn1. The summed E-state index contributed by atoms with van der Waals surface area (Å²) in [7, 11) is 0. The summed E-state index contributed by atoms with van der Waals surface area (Å²) in [5.41, 5.74) is 3.39. The number of nitrogens with one attached hydrogen (secondary N) is 2. The van der Waals surface area contributed by atoms with Crippen LogP contribution in [-0.4, -0.2) is 50.9 Å². The maximum atomic E-state index is 10.5. The lowest BCUT2D eigenvalue weighted by molar-refractivity contribution is 0.367. The van der Waals surface area contributed by atoms with Crippen LogP contribution in [0.25, 0.3) is 11.4 Å². The number of hydrogen-bond donors (Lipinski definition) is 3. The number of aryl methyl sites for hydroxylation is 1. The molecule has 3 aromatic rings. The van der Waals surface area contributed by atoms with E-state index in [2.05, 4.69) is 49.5 Å². The summed E-state index contributed by atoms with van der Waals surface area (Å²) in [4.78, 5) is 10.9. The Bertz CT molecular complexity index is 989. The van der Waals surface area contributed by atoms with Gasteiger partial charge in [0.25, 0.3) is 0 Å². The third-order valence-electron chi connectivity index (χ3n) is 5.29. The fraction of sp³-hybridized carbons (Fsp3) is 0.364. The van der Waals surface area contributed by atoms with Crippen LogP contribution in [0.3, 0.4) is 0 Å². The highest BCUT2D eigenvalue weighted by molar-refractivity contribution is 5.68. The van der Waals surface area contributed by atoms with Crippen molar-refractivity contribution in [2.75, 3.05) is 29.9 Å². The molecular formula is C22H27N7O. The fourth-order valence-electron chi connectivity index (χ4n) is 3.48. The summed E-state index contributed by atoms with van der Waals surface area (Å²) in [5.74, 6) is 1.45. The first-order valence-corrected chi connectivity index (χ1v) is 10.2. The molecule has 0 aromatic carbocycles. The predicted octanol–water partition coefficient (Wildman–Crippen LogP) is 3.13. The molecule has 30 heavy (non-hydrogen) atoms. The van der Waals surface area contributed by atoms with Crippen LogP contribution < -0.4 is 15.5 Å². The molecule has 0 aliphatic carbocycles. The number of rotatable bonds is 5. The molecule has 0 radical (unpaired) electrons. The summed E-state index contributed by atoms with van der Waals surface area (Å²) >= 11 is 0. The molecule has 0 saturated carbocycles. The van der Waals surface area contributed by atoms with Gasteiger partial charge in [0.15, 0.2) is 5.82 Å². The van der Waals surface area contributed by atoms with Gasteiger partial charge in [-0.1, -0.05) is 13.8 Å². The molecule has 1 saturated heterocycles. The molecule has 1 atom stereocenters. The molecular weight excluding hydrogens is 378 g/mol. The Kier molecular flexibility index (Phi) is 5.76. The van der Waals surface area contributed by atoms with Gasteiger partial charge in [-0.3, -0.25) is 4.98 Å². The summed E-state index contributed by atoms with van der Waals surface area (Å²) < 4.78 is 0. The van der Waals surface area contributed by atoms with Gasteiger partial charge in [0, 0.05) is 37.4 Å². The van der Waals surface area contributed by atoms with E-state index in [4.69, 9.17) is 0 Å². The summed E-state index contributed by atoms with van der Waals surface area (Å²) in [6, 6.07) is 9.71. The smallest absolute Gasteiger partial charge is 0.151 e. The molecule has 1 aliphatic heterocycles. The van der Waals surface area contributed by atoms with Gasteiger partial charge >= 0.3 is 0 Å². The van der Waals surface area contributed by atoms with Crippen molar-refractivity contribution in [2.45, 2.75) is 26.8 Å². The van der Waals surface area contributed by atoms with Crippen molar-refractivity contribution in [1.82, 2.24) is 25.5 Å². The lowest BCUT2D eigenvalue weighted by atomic mass is 10.0. The third kappa shape index (κ3) is 4.49. The standard InChI is InChI=1S/C22H27N7O/c1-14(2)19-13-29(9-8-23-19)21-7-6-18(27-28-21)22-20(30)10-17(12-25-22)26-16-5-4-15(3)24-11-16/h4-7,10-12,14,19,23,26,30H,8-9,13H2,1-3H3/t19-/m0/s1. The molecule has 0 unspecified atom stereocenters. The average Bonchev–Trinajstić information content (AvgIpc) is 2.76. The lowest BCUT2D eigenvalue weighted by Crippen LogP contribution is -2.53. The molecule has 1 fully saturated rings. The first kappa shape index (κ1) is 20.0. The van der Waals surface area contributed by atoms with Crippen LogP contribution in [0.5, 0.6) is 5.75 Å². The zero-order chi connectivity index (χ0) is 21.1. The fourth-order valence-corrected chi connectivity index (χ4v) is 3.48. The van der Waals surface area contributed by atoms with Gasteiger partial charge in [0.2, 0.25) is 0 Å². The molecule has 0 amide bonds. The van der Waals surface area contributed by atoms with Gasteiger partial charge in [0.05, 0.1) is 23.8 Å². The van der Waals surface area contributed by atoms with Crippen molar-refractivity contribution in [2.24, 2.45) is 5.92 Å². The van der Waals surface area contributed by atoms with Crippen molar-refractivity contribution < 1.29 is 5.11 Å². The Hall–Kier alpha value is -3.26. The maximum Gasteiger partial charge on any atom is 0.151 e. The number of aromatic nitrogens is 4. The number of hydrogen-bond acceptors (Lipinski definition) is 8. The first-order valence-electron chi connectivity index (χ1n) is 10.2. The molecule has 156 valence electrons. The second-order valence-corrected chi connectivity index (χ2v) is 7.93. The largest absolute Gasteiger partial charge is 0.506 e. The Labute approximate surface area is 176 Å². The molecule has 4 rings (SSSR count). The molecule has 3 aromatic heterocycles. The van der Waals surface area contributed by atoms with Gasteiger partial charge < -0.3 is 20.6 Å². The number of aromatic hydroxyl groups is 1. The van der Waals surface area contributed by atoms with E-state index in [1.165, 1.54) is 0 Å². The Morgan fingerprint density at radius 2 is 1.93 bits per heavy atom. The van der Waals surface area contributed by atoms with Gasteiger partial charge in [-0.25, -0.2) is 4.98 Å². The van der Waals surface area contributed by atoms with E-state index >= 15 is 0 Å². The molecule has 3 N–H and O–H groups in total. The minimum atomic E-state index is 0.0455. The van der Waals surface area contributed by atoms with Gasteiger partial charge in [-0.15, -0.1) is 10.2 Å². The van der Waals surface area contributed by atoms with Crippen LogP contribution in [-0.2, 0) is 0 Å². The van der Waals surface area contributed by atoms with E-state index in [-0.39, 0.29) is 5.75 Å². The van der Waals surface area contributed by atoms with Crippen molar-refractivity contribution >= 4 is 17.2 Å². The van der Waals surface area contributed by atoms with Gasteiger partial charge in [-0.2, -0.15) is 0 Å². The van der Waals surface area contributed by atoms with Crippen LogP contribution in [0.15, 0.2) is 42.7 Å². The Morgan fingerprint density at radius 1 is 1.10 bits per heavy atom. The zero-order valence-electron chi connectivity index (χ0n) is 17.5. The molecule has 0 spiro atoms.